The summed E-state index contributed by atoms with van der Waals surface area (Å²) < 4.78 is 28.7. The van der Waals surface area contributed by atoms with Gasteiger partial charge < -0.3 is 10.1 Å². The van der Waals surface area contributed by atoms with E-state index in [2.05, 4.69) is 17.5 Å². The third-order valence-corrected chi connectivity index (χ3v) is 4.71. The maximum absolute atomic E-state index is 11.3. The Bertz CT molecular complexity index is 616. The number of carbonyl (C=O) groups is 3. The maximum atomic E-state index is 11.3. The van der Waals surface area contributed by atoms with Crippen molar-refractivity contribution in [2.45, 2.75) is 70.6 Å². The fourth-order valence-electron chi connectivity index (χ4n) is 2.61. The molecule has 0 spiro atoms. The lowest BCUT2D eigenvalue weighted by atomic mass is 10.1. The molecule has 2 amide bonds. The maximum Gasteiger partial charge on any atom is 0.287 e. The normalized spacial score (nSPS) is 11.5. The molecule has 0 aliphatic heterocycles. The minimum absolute atomic E-state index is 0.234. The molecular weight excluding hydrogens is 396 g/mol. The van der Waals surface area contributed by atoms with Crippen molar-refractivity contribution in [1.82, 2.24) is 10.0 Å². The predicted molar refractivity (Wildman–Crippen MR) is 113 cm³/mol. The van der Waals surface area contributed by atoms with E-state index in [1.807, 2.05) is 4.72 Å². The average molecular weight is 433 g/mol. The van der Waals surface area contributed by atoms with Gasteiger partial charge in [0.2, 0.25) is 15.8 Å². The third kappa shape index (κ3) is 19.4. The summed E-state index contributed by atoms with van der Waals surface area (Å²) in [5, 5.41) is 2.34. The van der Waals surface area contributed by atoms with Crippen molar-refractivity contribution in [3.63, 3.8) is 0 Å². The lowest BCUT2D eigenvalue weighted by Crippen LogP contribution is -2.32. The van der Waals surface area contributed by atoms with Crippen LogP contribution in [0.5, 0.6) is 0 Å². The molecule has 0 aromatic heterocycles. The summed E-state index contributed by atoms with van der Waals surface area (Å²) >= 11 is 0. The van der Waals surface area contributed by atoms with E-state index in [1.54, 1.807) is 0 Å². The standard InChI is InChI=1S/C20H36N2O6S/c1-21-20(25)18(23)15-13-11-9-7-5-3-4-6-8-10-12-14-16-28-17-19(24)22-29(2,26)27/h3,5H,4,6-17H2,1-2H3,(H,21,25)(H,22,24)/b5-3-. The van der Waals surface area contributed by atoms with Gasteiger partial charge in [-0.3, -0.25) is 19.1 Å². The van der Waals surface area contributed by atoms with Crippen molar-refractivity contribution in [3.8, 4) is 0 Å². The summed E-state index contributed by atoms with van der Waals surface area (Å²) in [5.41, 5.74) is 0. The fourth-order valence-corrected chi connectivity index (χ4v) is 3.08. The summed E-state index contributed by atoms with van der Waals surface area (Å²) in [6.07, 6.45) is 15.7. The molecule has 168 valence electrons. The summed E-state index contributed by atoms with van der Waals surface area (Å²) in [5.74, 6) is -1.49. The minimum atomic E-state index is -3.51. The molecule has 0 saturated carbocycles. The number of Topliss-reactive ketones (excluding diaryl/α,β-unsaturated/α-hetero) is 1. The second-order valence-electron chi connectivity index (χ2n) is 6.98. The third-order valence-electron chi connectivity index (χ3n) is 4.11. The topological polar surface area (TPSA) is 119 Å². The Kier molecular flexibility index (Phi) is 16.1. The minimum Gasteiger partial charge on any atom is -0.372 e. The first-order valence-corrected chi connectivity index (χ1v) is 12.1. The molecule has 0 aromatic rings. The van der Waals surface area contributed by atoms with E-state index in [0.717, 1.165) is 70.5 Å². The molecule has 8 nitrogen and oxygen atoms in total. The highest BCUT2D eigenvalue weighted by Gasteiger charge is 2.09. The number of ether oxygens (including phenoxy) is 1. The van der Waals surface area contributed by atoms with Crippen LogP contribution in [0.2, 0.25) is 0 Å². The molecule has 0 rings (SSSR count). The first-order chi connectivity index (χ1) is 13.8. The van der Waals surface area contributed by atoms with E-state index in [-0.39, 0.29) is 12.4 Å². The van der Waals surface area contributed by atoms with Gasteiger partial charge in [-0.25, -0.2) is 8.42 Å². The predicted octanol–water partition coefficient (Wildman–Crippen LogP) is 2.24. The van der Waals surface area contributed by atoms with Crippen molar-refractivity contribution in [2.24, 2.45) is 0 Å². The number of rotatable bonds is 18. The Morgan fingerprint density at radius 2 is 1.41 bits per heavy atom. The number of hydrogen-bond donors (Lipinski definition) is 2. The average Bonchev–Trinajstić information content (AvgIpc) is 2.65. The van der Waals surface area contributed by atoms with E-state index in [0.29, 0.717) is 13.0 Å². The van der Waals surface area contributed by atoms with Crippen LogP contribution in [-0.2, 0) is 29.1 Å². The Labute approximate surface area is 174 Å². The second-order valence-corrected chi connectivity index (χ2v) is 8.73. The number of allylic oxidation sites excluding steroid dienone is 2. The fraction of sp³-hybridized carbons (Fsp3) is 0.750. The van der Waals surface area contributed by atoms with Crippen LogP contribution < -0.4 is 10.0 Å². The molecule has 29 heavy (non-hydrogen) atoms. The van der Waals surface area contributed by atoms with Crippen molar-refractivity contribution in [3.05, 3.63) is 12.2 Å². The Balaban J connectivity index is 3.35. The molecule has 0 heterocycles. The highest BCUT2D eigenvalue weighted by Crippen LogP contribution is 2.08. The quantitative estimate of drug-likeness (QED) is 0.195. The van der Waals surface area contributed by atoms with Crippen molar-refractivity contribution in [1.29, 1.82) is 0 Å². The molecule has 0 aliphatic carbocycles. The number of amides is 2. The van der Waals surface area contributed by atoms with Crippen LogP contribution in [0.3, 0.4) is 0 Å². The lowest BCUT2D eigenvalue weighted by Gasteiger charge is -2.04. The van der Waals surface area contributed by atoms with Crippen molar-refractivity contribution in [2.75, 3.05) is 26.5 Å². The van der Waals surface area contributed by atoms with Gasteiger partial charge >= 0.3 is 0 Å². The number of nitrogens with one attached hydrogen (secondary N) is 2. The van der Waals surface area contributed by atoms with Crippen LogP contribution in [0, 0.1) is 0 Å². The molecule has 0 unspecified atom stereocenters. The molecule has 0 aromatic carbocycles. The molecule has 0 fully saturated rings. The van der Waals surface area contributed by atoms with E-state index in [4.69, 9.17) is 4.74 Å². The molecule has 0 atom stereocenters. The zero-order chi connectivity index (χ0) is 22.0. The molecule has 2 N–H and O–H groups in total. The number of likely N-dealkylation sites (N-methyl/N-ethyl adjacent to an activating group) is 1. The van der Waals surface area contributed by atoms with E-state index >= 15 is 0 Å². The van der Waals surface area contributed by atoms with E-state index in [9.17, 15) is 22.8 Å². The molecule has 0 bridgehead atoms. The van der Waals surface area contributed by atoms with Gasteiger partial charge in [0.1, 0.15) is 6.61 Å². The van der Waals surface area contributed by atoms with Crippen LogP contribution in [0.4, 0.5) is 0 Å². The number of unbranched alkanes of at least 4 members (excludes halogenated alkanes) is 8. The zero-order valence-corrected chi connectivity index (χ0v) is 18.5. The number of hydrogen-bond acceptors (Lipinski definition) is 6. The molecule has 0 radical (unpaired) electrons. The largest absolute Gasteiger partial charge is 0.372 e. The van der Waals surface area contributed by atoms with Crippen LogP contribution >= 0.6 is 0 Å². The Morgan fingerprint density at radius 3 is 2.00 bits per heavy atom. The SMILES string of the molecule is CNC(=O)C(=O)CCCCC/C=C\CCCCCCCOCC(=O)NS(C)(=O)=O. The molecule has 9 heteroatoms. The first kappa shape index (κ1) is 27.3. The van der Waals surface area contributed by atoms with E-state index < -0.39 is 21.8 Å². The van der Waals surface area contributed by atoms with Crippen LogP contribution in [0.1, 0.15) is 70.6 Å². The summed E-state index contributed by atoms with van der Waals surface area (Å²) in [6, 6.07) is 0. The van der Waals surface area contributed by atoms with Gasteiger partial charge in [-0.1, -0.05) is 37.8 Å². The summed E-state index contributed by atoms with van der Waals surface area (Å²) in [7, 11) is -2.05. The van der Waals surface area contributed by atoms with Gasteiger partial charge in [0.05, 0.1) is 6.26 Å². The van der Waals surface area contributed by atoms with Crippen LogP contribution in [0.15, 0.2) is 12.2 Å². The smallest absolute Gasteiger partial charge is 0.287 e. The lowest BCUT2D eigenvalue weighted by molar-refractivity contribution is -0.137. The summed E-state index contributed by atoms with van der Waals surface area (Å²) in [6.45, 7) is 0.216. The number of sulfonamides is 1. The van der Waals surface area contributed by atoms with Crippen molar-refractivity contribution < 1.29 is 27.5 Å². The molecular formula is C20H36N2O6S. The van der Waals surface area contributed by atoms with Crippen molar-refractivity contribution >= 4 is 27.6 Å². The van der Waals surface area contributed by atoms with Crippen LogP contribution in [0.25, 0.3) is 0 Å². The van der Waals surface area contributed by atoms with Gasteiger partial charge in [-0.05, 0) is 38.5 Å². The van der Waals surface area contributed by atoms with Gasteiger partial charge in [0.15, 0.2) is 0 Å². The zero-order valence-electron chi connectivity index (χ0n) is 17.7. The molecule has 0 saturated heterocycles. The van der Waals surface area contributed by atoms with Crippen LogP contribution in [-0.4, -0.2) is 52.5 Å². The molecule has 0 aliphatic rings. The highest BCUT2D eigenvalue weighted by atomic mass is 32.2. The highest BCUT2D eigenvalue weighted by molar-refractivity contribution is 7.89. The first-order valence-electron chi connectivity index (χ1n) is 10.2. The Morgan fingerprint density at radius 1 is 0.862 bits per heavy atom. The summed E-state index contributed by atoms with van der Waals surface area (Å²) in [4.78, 5) is 33.6. The monoisotopic (exact) mass is 432 g/mol. The number of ketones is 1. The van der Waals surface area contributed by atoms with Gasteiger partial charge in [-0.2, -0.15) is 0 Å². The van der Waals surface area contributed by atoms with Gasteiger partial charge in [0.25, 0.3) is 11.8 Å². The van der Waals surface area contributed by atoms with Gasteiger partial charge in [-0.15, -0.1) is 0 Å². The van der Waals surface area contributed by atoms with Gasteiger partial charge in [0, 0.05) is 20.1 Å². The van der Waals surface area contributed by atoms with E-state index in [1.165, 1.54) is 7.05 Å². The second kappa shape index (κ2) is 17.1. The number of carbonyl (C=O) groups excluding carboxylic acids is 3. The Hall–Kier alpha value is -1.74.